The highest BCUT2D eigenvalue weighted by molar-refractivity contribution is 5.91. The number of allylic oxidation sites excluding steroid dienone is 1. The highest BCUT2D eigenvalue weighted by atomic mass is 16.3. The summed E-state index contributed by atoms with van der Waals surface area (Å²) in [5.74, 6) is -0.488. The van der Waals surface area contributed by atoms with Gasteiger partial charge in [0.25, 0.3) is 0 Å². The summed E-state index contributed by atoms with van der Waals surface area (Å²) in [4.78, 5) is 10.7. The van der Waals surface area contributed by atoms with Crippen LogP contribution >= 0.6 is 0 Å². The Kier molecular flexibility index (Phi) is 6.15. The van der Waals surface area contributed by atoms with Crippen molar-refractivity contribution in [3.8, 4) is 0 Å². The van der Waals surface area contributed by atoms with Crippen molar-refractivity contribution in [1.82, 2.24) is 0 Å². The van der Waals surface area contributed by atoms with E-state index < -0.39 is 11.3 Å². The summed E-state index contributed by atoms with van der Waals surface area (Å²) in [6.45, 7) is 0.733. The fourth-order valence-electron chi connectivity index (χ4n) is 1.08. The van der Waals surface area contributed by atoms with Gasteiger partial charge < -0.3 is 21.1 Å². The van der Waals surface area contributed by atoms with Crippen molar-refractivity contribution in [2.24, 2.45) is 11.1 Å². The van der Waals surface area contributed by atoms with Crippen LogP contribution in [0.3, 0.4) is 0 Å². The fraction of sp³-hybridized carbons (Fsp3) is 0.700. The smallest absolute Gasteiger partial charge is 0.244 e. The molecule has 0 spiro atoms. The molecule has 0 aliphatic heterocycles. The molecule has 0 aromatic heterocycles. The molecule has 5 heteroatoms. The average Bonchev–Trinajstić information content (AvgIpc) is 2.24. The number of aliphatic hydroxyl groups excluding tert-OH is 3. The first-order valence-electron chi connectivity index (χ1n) is 4.80. The van der Waals surface area contributed by atoms with Gasteiger partial charge in [-0.15, -0.1) is 0 Å². The van der Waals surface area contributed by atoms with Crippen molar-refractivity contribution >= 4 is 5.91 Å². The number of carbonyl (C=O) groups excluding carboxylic acids is 1. The zero-order valence-electron chi connectivity index (χ0n) is 8.94. The number of aliphatic hydroxyl groups is 3. The molecule has 1 amide bonds. The highest BCUT2D eigenvalue weighted by Gasteiger charge is 2.26. The molecule has 15 heavy (non-hydrogen) atoms. The Balaban J connectivity index is 4.23. The maximum absolute atomic E-state index is 10.7. The summed E-state index contributed by atoms with van der Waals surface area (Å²) in [7, 11) is 0. The van der Waals surface area contributed by atoms with Crippen molar-refractivity contribution in [2.75, 3.05) is 19.8 Å². The Morgan fingerprint density at radius 3 is 2.07 bits per heavy atom. The minimum absolute atomic E-state index is 0.288. The molecule has 0 heterocycles. The highest BCUT2D eigenvalue weighted by Crippen LogP contribution is 2.22. The van der Waals surface area contributed by atoms with Crippen molar-refractivity contribution in [3.63, 3.8) is 0 Å². The zero-order chi connectivity index (χ0) is 11.9. The van der Waals surface area contributed by atoms with Crippen LogP contribution in [-0.4, -0.2) is 41.0 Å². The van der Waals surface area contributed by atoms with Gasteiger partial charge in [0.15, 0.2) is 0 Å². The first-order valence-corrected chi connectivity index (χ1v) is 4.80. The number of hydrogen-bond donors (Lipinski definition) is 4. The van der Waals surface area contributed by atoms with Crippen molar-refractivity contribution in [1.29, 1.82) is 0 Å². The molecule has 0 radical (unpaired) electrons. The summed E-state index contributed by atoms with van der Waals surface area (Å²) in [6, 6.07) is 0. The van der Waals surface area contributed by atoms with Gasteiger partial charge in [0.05, 0.1) is 19.8 Å². The molecule has 0 unspecified atom stereocenters. The third-order valence-corrected chi connectivity index (χ3v) is 2.52. The van der Waals surface area contributed by atoms with E-state index in [9.17, 15) is 4.79 Å². The van der Waals surface area contributed by atoms with E-state index in [0.717, 1.165) is 0 Å². The number of amides is 1. The van der Waals surface area contributed by atoms with Crippen LogP contribution in [0.4, 0.5) is 0 Å². The van der Waals surface area contributed by atoms with Crippen LogP contribution in [0.5, 0.6) is 0 Å². The molecule has 0 aromatic rings. The second-order valence-corrected chi connectivity index (χ2v) is 3.76. The Morgan fingerprint density at radius 1 is 1.27 bits per heavy atom. The molecule has 0 saturated carbocycles. The minimum Gasteiger partial charge on any atom is -0.396 e. The van der Waals surface area contributed by atoms with Gasteiger partial charge >= 0.3 is 0 Å². The number of rotatable bonds is 7. The maximum Gasteiger partial charge on any atom is 0.244 e. The molecule has 0 fully saturated rings. The standard InChI is InChI=1S/C10H19NO4/c1-8(9(11)15)3-2-4-10(5-12,6-13)7-14/h3,12-14H,2,4-7H2,1H3,(H2,11,15). The number of nitrogens with two attached hydrogens (primary N) is 1. The molecular weight excluding hydrogens is 198 g/mol. The molecule has 0 atom stereocenters. The molecule has 0 bridgehead atoms. The lowest BCUT2D eigenvalue weighted by molar-refractivity contribution is -0.114. The summed E-state index contributed by atoms with van der Waals surface area (Å²) in [5, 5.41) is 27.1. The van der Waals surface area contributed by atoms with Gasteiger partial charge in [-0.3, -0.25) is 4.79 Å². The minimum atomic E-state index is -0.881. The number of primary amides is 1. The Hall–Kier alpha value is -0.910. The van der Waals surface area contributed by atoms with E-state index in [1.54, 1.807) is 13.0 Å². The normalized spacial score (nSPS) is 12.9. The quantitative estimate of drug-likeness (QED) is 0.417. The van der Waals surface area contributed by atoms with E-state index >= 15 is 0 Å². The molecule has 0 rings (SSSR count). The van der Waals surface area contributed by atoms with E-state index in [-0.39, 0.29) is 19.8 Å². The van der Waals surface area contributed by atoms with Gasteiger partial charge in [-0.05, 0) is 19.8 Å². The molecule has 0 aliphatic carbocycles. The molecule has 0 aliphatic rings. The average molecular weight is 217 g/mol. The summed E-state index contributed by atoms with van der Waals surface area (Å²) < 4.78 is 0. The van der Waals surface area contributed by atoms with E-state index in [1.165, 1.54) is 0 Å². The lowest BCUT2D eigenvalue weighted by Crippen LogP contribution is -2.33. The lowest BCUT2D eigenvalue weighted by Gasteiger charge is -2.26. The molecule has 0 aromatic carbocycles. The van der Waals surface area contributed by atoms with Gasteiger partial charge in [-0.2, -0.15) is 0 Å². The van der Waals surface area contributed by atoms with Crippen LogP contribution in [0.15, 0.2) is 11.6 Å². The first kappa shape index (κ1) is 14.1. The van der Waals surface area contributed by atoms with Gasteiger partial charge in [0, 0.05) is 11.0 Å². The molecule has 0 saturated heterocycles. The van der Waals surface area contributed by atoms with Crippen LogP contribution in [-0.2, 0) is 4.79 Å². The second-order valence-electron chi connectivity index (χ2n) is 3.76. The van der Waals surface area contributed by atoms with E-state index in [0.29, 0.717) is 18.4 Å². The summed E-state index contributed by atoms with van der Waals surface area (Å²) in [6.07, 6.45) is 2.52. The predicted octanol–water partition coefficient (Wildman–Crippen LogP) is -0.839. The van der Waals surface area contributed by atoms with Gasteiger partial charge in [-0.1, -0.05) is 6.08 Å². The first-order chi connectivity index (χ1) is 7.01. The fourth-order valence-corrected chi connectivity index (χ4v) is 1.08. The zero-order valence-corrected chi connectivity index (χ0v) is 8.94. The largest absolute Gasteiger partial charge is 0.396 e. The monoisotopic (exact) mass is 217 g/mol. The molecule has 5 nitrogen and oxygen atoms in total. The molecular formula is C10H19NO4. The van der Waals surface area contributed by atoms with E-state index in [4.69, 9.17) is 21.1 Å². The Morgan fingerprint density at radius 2 is 1.73 bits per heavy atom. The van der Waals surface area contributed by atoms with Crippen LogP contribution in [0.25, 0.3) is 0 Å². The van der Waals surface area contributed by atoms with Gasteiger partial charge in [0.2, 0.25) is 5.91 Å². The van der Waals surface area contributed by atoms with Crippen molar-refractivity contribution in [2.45, 2.75) is 19.8 Å². The molecule has 88 valence electrons. The third-order valence-electron chi connectivity index (χ3n) is 2.52. The Labute approximate surface area is 89.2 Å². The van der Waals surface area contributed by atoms with E-state index in [1.807, 2.05) is 0 Å². The molecule has 5 N–H and O–H groups in total. The maximum atomic E-state index is 10.7. The summed E-state index contributed by atoms with van der Waals surface area (Å²) in [5.41, 5.74) is 4.59. The van der Waals surface area contributed by atoms with Crippen molar-refractivity contribution in [3.05, 3.63) is 11.6 Å². The van der Waals surface area contributed by atoms with Crippen LogP contribution in [0, 0.1) is 5.41 Å². The Bertz CT molecular complexity index is 225. The SMILES string of the molecule is CC(=CCCC(CO)(CO)CO)C(N)=O. The van der Waals surface area contributed by atoms with Crippen LogP contribution in [0.2, 0.25) is 0 Å². The van der Waals surface area contributed by atoms with Crippen LogP contribution < -0.4 is 5.73 Å². The lowest BCUT2D eigenvalue weighted by atomic mass is 9.85. The van der Waals surface area contributed by atoms with Crippen molar-refractivity contribution < 1.29 is 20.1 Å². The van der Waals surface area contributed by atoms with Gasteiger partial charge in [-0.25, -0.2) is 0 Å². The second kappa shape index (κ2) is 6.55. The van der Waals surface area contributed by atoms with E-state index in [2.05, 4.69) is 0 Å². The van der Waals surface area contributed by atoms with Gasteiger partial charge in [0.1, 0.15) is 0 Å². The number of carbonyl (C=O) groups is 1. The third kappa shape index (κ3) is 4.42. The number of hydrogen-bond acceptors (Lipinski definition) is 4. The predicted molar refractivity (Wildman–Crippen MR) is 55.9 cm³/mol. The topological polar surface area (TPSA) is 104 Å². The van der Waals surface area contributed by atoms with Crippen LogP contribution in [0.1, 0.15) is 19.8 Å². The summed E-state index contributed by atoms with van der Waals surface area (Å²) >= 11 is 0.